The molecule has 0 atom stereocenters. The average Bonchev–Trinajstić information content (AvgIpc) is 2.46. The first-order valence-corrected chi connectivity index (χ1v) is 6.54. The molecule has 104 valence electrons. The molecule has 0 aliphatic heterocycles. The standard InChI is InChI=1S/C16H19N3O/c1-12-7-8-13(16(20)19(2)3)10-15(12)18-11-14-6-4-5-9-17-14/h4-10,18H,11H2,1-3H3. The Bertz CT molecular complexity index is 594. The molecule has 2 rings (SSSR count). The number of aromatic nitrogens is 1. The van der Waals surface area contributed by atoms with Gasteiger partial charge in [0.25, 0.3) is 5.91 Å². The molecular weight excluding hydrogens is 250 g/mol. The van der Waals surface area contributed by atoms with E-state index < -0.39 is 0 Å². The summed E-state index contributed by atoms with van der Waals surface area (Å²) in [5.41, 5.74) is 3.72. The normalized spacial score (nSPS) is 10.2. The number of pyridine rings is 1. The third kappa shape index (κ3) is 3.35. The maximum Gasteiger partial charge on any atom is 0.253 e. The second-order valence-electron chi connectivity index (χ2n) is 4.90. The van der Waals surface area contributed by atoms with Gasteiger partial charge in [-0.15, -0.1) is 0 Å². The fourth-order valence-corrected chi connectivity index (χ4v) is 1.89. The first kappa shape index (κ1) is 14.1. The maximum atomic E-state index is 12.0. The zero-order valence-electron chi connectivity index (χ0n) is 12.1. The van der Waals surface area contributed by atoms with Crippen molar-refractivity contribution >= 4 is 11.6 Å². The summed E-state index contributed by atoms with van der Waals surface area (Å²) in [6, 6.07) is 11.5. The predicted molar refractivity (Wildman–Crippen MR) is 80.8 cm³/mol. The monoisotopic (exact) mass is 269 g/mol. The number of benzene rings is 1. The van der Waals surface area contributed by atoms with Crippen LogP contribution in [-0.4, -0.2) is 29.9 Å². The second kappa shape index (κ2) is 6.19. The minimum Gasteiger partial charge on any atom is -0.379 e. The summed E-state index contributed by atoms with van der Waals surface area (Å²) in [6.45, 7) is 2.66. The molecule has 1 N–H and O–H groups in total. The number of carbonyl (C=O) groups excluding carboxylic acids is 1. The van der Waals surface area contributed by atoms with Crippen LogP contribution >= 0.6 is 0 Å². The van der Waals surface area contributed by atoms with E-state index in [2.05, 4.69) is 10.3 Å². The number of hydrogen-bond donors (Lipinski definition) is 1. The van der Waals surface area contributed by atoms with E-state index in [1.54, 1.807) is 25.2 Å². The lowest BCUT2D eigenvalue weighted by Gasteiger charge is -2.14. The summed E-state index contributed by atoms with van der Waals surface area (Å²) in [6.07, 6.45) is 1.77. The highest BCUT2D eigenvalue weighted by Gasteiger charge is 2.09. The fourth-order valence-electron chi connectivity index (χ4n) is 1.89. The molecule has 1 amide bonds. The molecule has 2 aromatic rings. The largest absolute Gasteiger partial charge is 0.379 e. The third-order valence-electron chi connectivity index (χ3n) is 3.08. The third-order valence-corrected chi connectivity index (χ3v) is 3.08. The Morgan fingerprint density at radius 3 is 2.70 bits per heavy atom. The summed E-state index contributed by atoms with van der Waals surface area (Å²) in [4.78, 5) is 17.8. The Morgan fingerprint density at radius 2 is 2.05 bits per heavy atom. The highest BCUT2D eigenvalue weighted by Crippen LogP contribution is 2.18. The molecule has 0 bridgehead atoms. The van der Waals surface area contributed by atoms with Crippen LogP contribution in [0.5, 0.6) is 0 Å². The van der Waals surface area contributed by atoms with Crippen LogP contribution in [0.15, 0.2) is 42.6 Å². The number of nitrogens with zero attached hydrogens (tertiary/aromatic N) is 2. The zero-order chi connectivity index (χ0) is 14.5. The van der Waals surface area contributed by atoms with Crippen LogP contribution in [-0.2, 0) is 6.54 Å². The molecule has 0 saturated heterocycles. The molecule has 0 saturated carbocycles. The summed E-state index contributed by atoms with van der Waals surface area (Å²) >= 11 is 0. The Balaban J connectivity index is 2.15. The van der Waals surface area contributed by atoms with Crippen molar-refractivity contribution in [3.63, 3.8) is 0 Å². The summed E-state index contributed by atoms with van der Waals surface area (Å²) < 4.78 is 0. The molecule has 0 aliphatic rings. The number of rotatable bonds is 4. The SMILES string of the molecule is Cc1ccc(C(=O)N(C)C)cc1NCc1ccccn1. The molecule has 1 aromatic carbocycles. The molecule has 4 nitrogen and oxygen atoms in total. The van der Waals surface area contributed by atoms with Crippen molar-refractivity contribution in [2.75, 3.05) is 19.4 Å². The molecule has 0 unspecified atom stereocenters. The van der Waals surface area contributed by atoms with Crippen molar-refractivity contribution < 1.29 is 4.79 Å². The highest BCUT2D eigenvalue weighted by molar-refractivity contribution is 5.95. The lowest BCUT2D eigenvalue weighted by Crippen LogP contribution is -2.21. The topological polar surface area (TPSA) is 45.2 Å². The maximum absolute atomic E-state index is 12.0. The van der Waals surface area contributed by atoms with Gasteiger partial charge in [-0.1, -0.05) is 12.1 Å². The van der Waals surface area contributed by atoms with Crippen molar-refractivity contribution in [3.05, 3.63) is 59.4 Å². The van der Waals surface area contributed by atoms with E-state index in [0.717, 1.165) is 16.9 Å². The minimum absolute atomic E-state index is 0.00545. The Kier molecular flexibility index (Phi) is 4.35. The molecule has 20 heavy (non-hydrogen) atoms. The van der Waals surface area contributed by atoms with Gasteiger partial charge in [0.1, 0.15) is 0 Å². The van der Waals surface area contributed by atoms with E-state index in [9.17, 15) is 4.79 Å². The predicted octanol–water partition coefficient (Wildman–Crippen LogP) is 2.70. The molecule has 1 aromatic heterocycles. The Hall–Kier alpha value is -2.36. The quantitative estimate of drug-likeness (QED) is 0.928. The number of amides is 1. The van der Waals surface area contributed by atoms with Crippen LogP contribution in [0.1, 0.15) is 21.6 Å². The first-order chi connectivity index (χ1) is 9.58. The van der Waals surface area contributed by atoms with E-state index in [1.165, 1.54) is 0 Å². The van der Waals surface area contributed by atoms with E-state index in [1.807, 2.05) is 43.3 Å². The van der Waals surface area contributed by atoms with Crippen molar-refractivity contribution in [1.82, 2.24) is 9.88 Å². The molecule has 4 heteroatoms. The fraction of sp³-hybridized carbons (Fsp3) is 0.250. The van der Waals surface area contributed by atoms with E-state index in [0.29, 0.717) is 12.1 Å². The van der Waals surface area contributed by atoms with Gasteiger partial charge in [-0.3, -0.25) is 9.78 Å². The van der Waals surface area contributed by atoms with Crippen LogP contribution < -0.4 is 5.32 Å². The van der Waals surface area contributed by atoms with E-state index in [4.69, 9.17) is 0 Å². The van der Waals surface area contributed by atoms with Gasteiger partial charge in [0.05, 0.1) is 12.2 Å². The molecule has 0 aliphatic carbocycles. The zero-order valence-corrected chi connectivity index (χ0v) is 12.1. The summed E-state index contributed by atoms with van der Waals surface area (Å²) in [7, 11) is 3.51. The van der Waals surface area contributed by atoms with Gasteiger partial charge >= 0.3 is 0 Å². The van der Waals surface area contributed by atoms with Gasteiger partial charge in [-0.2, -0.15) is 0 Å². The van der Waals surface area contributed by atoms with Gasteiger partial charge in [-0.05, 0) is 36.8 Å². The summed E-state index contributed by atoms with van der Waals surface area (Å²) in [5.74, 6) is 0.00545. The van der Waals surface area contributed by atoms with Gasteiger partial charge in [0, 0.05) is 31.5 Å². The lowest BCUT2D eigenvalue weighted by atomic mass is 10.1. The van der Waals surface area contributed by atoms with Crippen molar-refractivity contribution in [1.29, 1.82) is 0 Å². The van der Waals surface area contributed by atoms with Crippen LogP contribution in [0.2, 0.25) is 0 Å². The lowest BCUT2D eigenvalue weighted by molar-refractivity contribution is 0.0827. The molecular formula is C16H19N3O. The first-order valence-electron chi connectivity index (χ1n) is 6.54. The van der Waals surface area contributed by atoms with Crippen LogP contribution in [0.4, 0.5) is 5.69 Å². The number of aryl methyl sites for hydroxylation is 1. The van der Waals surface area contributed by atoms with Gasteiger partial charge in [-0.25, -0.2) is 0 Å². The van der Waals surface area contributed by atoms with Crippen molar-refractivity contribution in [2.45, 2.75) is 13.5 Å². The smallest absolute Gasteiger partial charge is 0.253 e. The molecule has 0 radical (unpaired) electrons. The minimum atomic E-state index is 0.00545. The van der Waals surface area contributed by atoms with Gasteiger partial charge < -0.3 is 10.2 Å². The molecule has 0 fully saturated rings. The van der Waals surface area contributed by atoms with Crippen molar-refractivity contribution in [3.8, 4) is 0 Å². The number of anilines is 1. The van der Waals surface area contributed by atoms with E-state index in [-0.39, 0.29) is 5.91 Å². The average molecular weight is 269 g/mol. The highest BCUT2D eigenvalue weighted by atomic mass is 16.2. The van der Waals surface area contributed by atoms with Crippen LogP contribution in [0, 0.1) is 6.92 Å². The Morgan fingerprint density at radius 1 is 1.25 bits per heavy atom. The van der Waals surface area contributed by atoms with Gasteiger partial charge in [0.2, 0.25) is 0 Å². The second-order valence-corrected chi connectivity index (χ2v) is 4.90. The number of carbonyl (C=O) groups is 1. The van der Waals surface area contributed by atoms with Gasteiger partial charge in [0.15, 0.2) is 0 Å². The summed E-state index contributed by atoms with van der Waals surface area (Å²) in [5, 5.41) is 3.33. The van der Waals surface area contributed by atoms with Crippen LogP contribution in [0.3, 0.4) is 0 Å². The molecule has 0 spiro atoms. The number of nitrogens with one attached hydrogen (secondary N) is 1. The number of hydrogen-bond acceptors (Lipinski definition) is 3. The Labute approximate surface area is 119 Å². The van der Waals surface area contributed by atoms with Crippen LogP contribution in [0.25, 0.3) is 0 Å². The van der Waals surface area contributed by atoms with E-state index >= 15 is 0 Å². The van der Waals surface area contributed by atoms with Crippen molar-refractivity contribution in [2.24, 2.45) is 0 Å². The molecule has 1 heterocycles.